The van der Waals surface area contributed by atoms with Crippen LogP contribution in [0.5, 0.6) is 5.88 Å². The Labute approximate surface area is 108 Å². The molecule has 0 aliphatic carbocycles. The first-order chi connectivity index (χ1) is 8.43. The van der Waals surface area contributed by atoms with Gasteiger partial charge in [-0.05, 0) is 26.7 Å². The molecule has 0 bridgehead atoms. The predicted octanol–water partition coefficient (Wildman–Crippen LogP) is 1.72. The molecule has 0 radical (unpaired) electrons. The molecular weight excluding hydrogens is 230 g/mol. The van der Waals surface area contributed by atoms with Crippen LogP contribution in [0.25, 0.3) is 0 Å². The summed E-state index contributed by atoms with van der Waals surface area (Å²) in [7, 11) is 0. The molecule has 0 aromatic carbocycles. The number of hydrogen-bond acceptors (Lipinski definition) is 4. The van der Waals surface area contributed by atoms with Crippen molar-refractivity contribution in [2.75, 3.05) is 6.61 Å². The first-order valence-electron chi connectivity index (χ1n) is 6.42. The number of nitrogens with two attached hydrogens (primary N) is 1. The molecule has 5 heteroatoms. The number of nitrogens with zero attached hydrogens (tertiary/aromatic N) is 2. The molecule has 1 aromatic heterocycles. The molecule has 5 nitrogen and oxygen atoms in total. The lowest BCUT2D eigenvalue weighted by molar-refractivity contribution is 0.196. The number of hydrogen-bond donors (Lipinski definition) is 1. The van der Waals surface area contributed by atoms with Gasteiger partial charge in [0.05, 0.1) is 0 Å². The molecule has 0 spiro atoms. The van der Waals surface area contributed by atoms with Crippen molar-refractivity contribution in [3.63, 3.8) is 0 Å². The average Bonchev–Trinajstić information content (AvgIpc) is 2.37. The van der Waals surface area contributed by atoms with Crippen LogP contribution in [0.2, 0.25) is 0 Å². The Bertz CT molecular complexity index is 436. The molecular formula is C13H23N3O2. The Balaban J connectivity index is 2.87. The molecule has 1 aromatic rings. The second-order valence-electron chi connectivity index (χ2n) is 4.90. The summed E-state index contributed by atoms with van der Waals surface area (Å²) in [5.74, 6) is 0.128. The Morgan fingerprint density at radius 3 is 2.56 bits per heavy atom. The maximum absolute atomic E-state index is 12.0. The van der Waals surface area contributed by atoms with Gasteiger partial charge in [-0.25, -0.2) is 4.98 Å². The topological polar surface area (TPSA) is 70.1 Å². The molecule has 1 rings (SSSR count). The van der Waals surface area contributed by atoms with Crippen molar-refractivity contribution in [2.24, 2.45) is 5.73 Å². The van der Waals surface area contributed by atoms with E-state index in [0.717, 1.165) is 12.8 Å². The molecule has 0 saturated carbocycles. The summed E-state index contributed by atoms with van der Waals surface area (Å²) in [5, 5.41) is 0. The van der Waals surface area contributed by atoms with Crippen LogP contribution in [0, 0.1) is 0 Å². The Kier molecular flexibility index (Phi) is 4.90. The van der Waals surface area contributed by atoms with E-state index in [1.807, 2.05) is 27.7 Å². The fraction of sp³-hybridized carbons (Fsp3) is 0.692. The van der Waals surface area contributed by atoms with Crippen molar-refractivity contribution in [2.45, 2.75) is 52.1 Å². The van der Waals surface area contributed by atoms with E-state index in [-0.39, 0.29) is 17.5 Å². The third-order valence-electron chi connectivity index (χ3n) is 3.30. The highest BCUT2D eigenvalue weighted by atomic mass is 16.5. The third kappa shape index (κ3) is 3.32. The second kappa shape index (κ2) is 6.00. The summed E-state index contributed by atoms with van der Waals surface area (Å²) < 4.78 is 7.10. The van der Waals surface area contributed by atoms with Gasteiger partial charge in [0.2, 0.25) is 0 Å². The maximum Gasteiger partial charge on any atom is 0.313 e. The highest BCUT2D eigenvalue weighted by molar-refractivity contribution is 5.05. The lowest BCUT2D eigenvalue weighted by Gasteiger charge is -2.26. The monoisotopic (exact) mass is 253 g/mol. The fourth-order valence-corrected chi connectivity index (χ4v) is 1.58. The minimum Gasteiger partial charge on any atom is -0.472 e. The average molecular weight is 253 g/mol. The van der Waals surface area contributed by atoms with Crippen molar-refractivity contribution < 1.29 is 4.74 Å². The molecule has 2 N–H and O–H groups in total. The van der Waals surface area contributed by atoms with Gasteiger partial charge in [0, 0.05) is 24.0 Å². The van der Waals surface area contributed by atoms with Gasteiger partial charge in [0.15, 0.2) is 0 Å². The lowest BCUT2D eigenvalue weighted by Crippen LogP contribution is -2.45. The van der Waals surface area contributed by atoms with Crippen molar-refractivity contribution in [1.82, 2.24) is 9.55 Å². The van der Waals surface area contributed by atoms with Crippen LogP contribution < -0.4 is 16.0 Å². The van der Waals surface area contributed by atoms with E-state index in [9.17, 15) is 4.79 Å². The minimum absolute atomic E-state index is 0.0860. The molecule has 0 aliphatic heterocycles. The molecule has 1 heterocycles. The summed E-state index contributed by atoms with van der Waals surface area (Å²) in [5.41, 5.74) is 5.53. The fourth-order valence-electron chi connectivity index (χ4n) is 1.58. The van der Waals surface area contributed by atoms with Crippen LogP contribution in [-0.4, -0.2) is 21.7 Å². The van der Waals surface area contributed by atoms with Gasteiger partial charge >= 0.3 is 5.56 Å². The highest BCUT2D eigenvalue weighted by Crippen LogP contribution is 2.12. The normalized spacial score (nSPS) is 11.9. The van der Waals surface area contributed by atoms with Crippen LogP contribution in [0.1, 0.15) is 46.6 Å². The summed E-state index contributed by atoms with van der Waals surface area (Å²) in [6.07, 6.45) is 4.84. The van der Waals surface area contributed by atoms with E-state index >= 15 is 0 Å². The molecule has 0 aliphatic rings. The Morgan fingerprint density at radius 2 is 2.06 bits per heavy atom. The van der Waals surface area contributed by atoms with E-state index in [1.165, 1.54) is 0 Å². The molecule has 18 heavy (non-hydrogen) atoms. The summed E-state index contributed by atoms with van der Waals surface area (Å²) in [4.78, 5) is 16.0. The van der Waals surface area contributed by atoms with E-state index < -0.39 is 5.54 Å². The van der Waals surface area contributed by atoms with E-state index in [0.29, 0.717) is 6.61 Å². The van der Waals surface area contributed by atoms with E-state index in [4.69, 9.17) is 10.5 Å². The zero-order valence-corrected chi connectivity index (χ0v) is 11.6. The lowest BCUT2D eigenvalue weighted by atomic mass is 9.96. The number of rotatable bonds is 6. The summed E-state index contributed by atoms with van der Waals surface area (Å²) in [6, 6.07) is 0.0860. The maximum atomic E-state index is 12.0. The van der Waals surface area contributed by atoms with Gasteiger partial charge in [0.1, 0.15) is 6.61 Å². The zero-order chi connectivity index (χ0) is 13.8. The molecule has 0 atom stereocenters. The van der Waals surface area contributed by atoms with Gasteiger partial charge in [-0.3, -0.25) is 4.79 Å². The quantitative estimate of drug-likeness (QED) is 0.838. The van der Waals surface area contributed by atoms with E-state index in [1.54, 1.807) is 17.0 Å². The molecule has 0 saturated heterocycles. The van der Waals surface area contributed by atoms with Crippen LogP contribution >= 0.6 is 0 Å². The predicted molar refractivity (Wildman–Crippen MR) is 71.9 cm³/mol. The third-order valence-corrected chi connectivity index (χ3v) is 3.30. The van der Waals surface area contributed by atoms with Crippen LogP contribution in [-0.2, 0) is 0 Å². The summed E-state index contributed by atoms with van der Waals surface area (Å²) >= 11 is 0. The van der Waals surface area contributed by atoms with Gasteiger partial charge in [-0.1, -0.05) is 13.8 Å². The van der Waals surface area contributed by atoms with Crippen LogP contribution in [0.4, 0.5) is 0 Å². The number of aromatic nitrogens is 2. The van der Waals surface area contributed by atoms with Gasteiger partial charge in [-0.2, -0.15) is 0 Å². The first-order valence-corrected chi connectivity index (χ1v) is 6.42. The molecule has 0 fully saturated rings. The van der Waals surface area contributed by atoms with Crippen molar-refractivity contribution >= 4 is 0 Å². The van der Waals surface area contributed by atoms with Gasteiger partial charge in [0.25, 0.3) is 5.88 Å². The number of ether oxygens (including phenoxy) is 1. The van der Waals surface area contributed by atoms with Crippen LogP contribution in [0.3, 0.4) is 0 Å². The standard InChI is InChI=1S/C13H23N3O2/c1-5-13(14,6-2)9-18-11-12(17)16(10(3)4)8-7-15-11/h7-8,10H,5-6,9,14H2,1-4H3. The van der Waals surface area contributed by atoms with Crippen molar-refractivity contribution in [1.29, 1.82) is 0 Å². The molecule has 0 unspecified atom stereocenters. The molecule has 102 valence electrons. The highest BCUT2D eigenvalue weighted by Gasteiger charge is 2.22. The smallest absolute Gasteiger partial charge is 0.313 e. The zero-order valence-electron chi connectivity index (χ0n) is 11.6. The van der Waals surface area contributed by atoms with Crippen molar-refractivity contribution in [3.8, 4) is 5.88 Å². The largest absolute Gasteiger partial charge is 0.472 e. The Morgan fingerprint density at radius 1 is 1.44 bits per heavy atom. The van der Waals surface area contributed by atoms with Gasteiger partial charge in [-0.15, -0.1) is 0 Å². The second-order valence-corrected chi connectivity index (χ2v) is 4.90. The first kappa shape index (κ1) is 14.7. The SMILES string of the molecule is CCC(N)(CC)COc1nccn(C(C)C)c1=O. The molecule has 0 amide bonds. The van der Waals surface area contributed by atoms with Gasteiger partial charge < -0.3 is 15.0 Å². The Hall–Kier alpha value is -1.36. The van der Waals surface area contributed by atoms with Crippen LogP contribution in [0.15, 0.2) is 17.2 Å². The van der Waals surface area contributed by atoms with Crippen molar-refractivity contribution in [3.05, 3.63) is 22.7 Å². The summed E-state index contributed by atoms with van der Waals surface area (Å²) in [6.45, 7) is 8.21. The minimum atomic E-state index is -0.396. The van der Waals surface area contributed by atoms with E-state index in [2.05, 4.69) is 4.98 Å².